The zero-order valence-electron chi connectivity index (χ0n) is 18.9. The van der Waals surface area contributed by atoms with Gasteiger partial charge in [0.2, 0.25) is 0 Å². The van der Waals surface area contributed by atoms with Crippen molar-refractivity contribution in [2.45, 2.75) is 63.5 Å². The van der Waals surface area contributed by atoms with Gasteiger partial charge in [-0.25, -0.2) is 9.38 Å². The maximum Gasteiger partial charge on any atom is 0.395 e. The van der Waals surface area contributed by atoms with Crippen LogP contribution in [0.3, 0.4) is 0 Å². The summed E-state index contributed by atoms with van der Waals surface area (Å²) < 4.78 is 59.5. The minimum Gasteiger partial charge on any atom is -0.462 e. The largest absolute Gasteiger partial charge is 0.462 e. The number of esters is 1. The van der Waals surface area contributed by atoms with E-state index >= 15 is 0 Å². The van der Waals surface area contributed by atoms with Crippen LogP contribution in [0.5, 0.6) is 0 Å². The van der Waals surface area contributed by atoms with Gasteiger partial charge in [0, 0.05) is 23.4 Å². The number of alkyl halides is 4. The molecule has 1 N–H and O–H groups in total. The number of aromatic nitrogens is 1. The van der Waals surface area contributed by atoms with Crippen LogP contribution in [0.25, 0.3) is 11.6 Å². The van der Waals surface area contributed by atoms with Crippen molar-refractivity contribution in [3.63, 3.8) is 0 Å². The molecule has 1 aromatic heterocycles. The fraction of sp³-hybridized carbons (Fsp3) is 0.577. The van der Waals surface area contributed by atoms with Crippen LogP contribution in [0.2, 0.25) is 0 Å². The second-order valence-corrected chi connectivity index (χ2v) is 9.99. The second kappa shape index (κ2) is 8.88. The van der Waals surface area contributed by atoms with Crippen LogP contribution in [0, 0.1) is 29.6 Å². The predicted octanol–water partition coefficient (Wildman–Crippen LogP) is 5.92. The van der Waals surface area contributed by atoms with Gasteiger partial charge in [-0.05, 0) is 68.0 Å². The molecule has 0 spiro atoms. The summed E-state index contributed by atoms with van der Waals surface area (Å²) in [4.78, 5) is 20.2. The van der Waals surface area contributed by atoms with Crippen molar-refractivity contribution in [3.8, 4) is 0 Å². The zero-order chi connectivity index (χ0) is 24.0. The Kier molecular flexibility index (Phi) is 6.05. The number of ether oxygens (including phenoxy) is 1. The molecule has 1 saturated heterocycles. The monoisotopic (exact) mass is 476 g/mol. The Bertz CT molecular complexity index is 1070. The third kappa shape index (κ3) is 4.28. The van der Waals surface area contributed by atoms with E-state index in [4.69, 9.17) is 9.73 Å². The molecule has 3 aliphatic carbocycles. The zero-order valence-corrected chi connectivity index (χ0v) is 18.9. The number of halogens is 4. The molecule has 4 aliphatic rings. The van der Waals surface area contributed by atoms with Crippen molar-refractivity contribution in [3.05, 3.63) is 41.7 Å². The van der Waals surface area contributed by atoms with Gasteiger partial charge in [0.25, 0.3) is 0 Å². The van der Waals surface area contributed by atoms with Crippen molar-refractivity contribution in [2.75, 3.05) is 0 Å². The van der Waals surface area contributed by atoms with Gasteiger partial charge < -0.3 is 9.72 Å². The lowest BCUT2D eigenvalue weighted by atomic mass is 9.60. The number of rotatable bonds is 3. The van der Waals surface area contributed by atoms with Crippen molar-refractivity contribution in [1.82, 2.24) is 4.98 Å². The van der Waals surface area contributed by atoms with E-state index in [-0.39, 0.29) is 48.2 Å². The first-order chi connectivity index (χ1) is 16.2. The normalized spacial score (nSPS) is 37.2. The van der Waals surface area contributed by atoms with E-state index in [2.05, 4.69) is 10.9 Å². The number of allylic oxidation sites excluding steroid dienone is 4. The first-order valence-corrected chi connectivity index (χ1v) is 12.0. The van der Waals surface area contributed by atoms with Crippen molar-refractivity contribution in [2.24, 2.45) is 34.6 Å². The van der Waals surface area contributed by atoms with Gasteiger partial charge in [-0.3, -0.25) is 4.79 Å². The first-order valence-electron chi connectivity index (χ1n) is 12.0. The van der Waals surface area contributed by atoms with Gasteiger partial charge in [-0.15, -0.1) is 0 Å². The quantitative estimate of drug-likeness (QED) is 0.334. The van der Waals surface area contributed by atoms with Crippen LogP contribution >= 0.6 is 0 Å². The number of carbonyl (C=O) groups is 1. The Labute approximate surface area is 195 Å². The van der Waals surface area contributed by atoms with Crippen LogP contribution in [0.15, 0.2) is 35.4 Å². The highest BCUT2D eigenvalue weighted by Gasteiger charge is 2.56. The number of carbonyl (C=O) groups excluding carboxylic acids is 1. The van der Waals surface area contributed by atoms with Gasteiger partial charge in [0.1, 0.15) is 12.3 Å². The van der Waals surface area contributed by atoms with Crippen LogP contribution < -0.4 is 0 Å². The molecule has 0 amide bonds. The molecule has 8 atom stereocenters. The van der Waals surface area contributed by atoms with Crippen LogP contribution in [-0.4, -0.2) is 41.3 Å². The summed E-state index contributed by atoms with van der Waals surface area (Å²) in [5, 5.41) is 0. The molecule has 0 aromatic carbocycles. The standard InChI is InChI=1S/C26H28F4N2O2/c1-14-23-20(25(33)34-14)13-19-18(6-3-7-21(19)27)24(23)31-11-10-17-8-9-22(32-17)15-4-2-5-16(12-15)26(28,29)30/h2,4-5,8-10,14,16,18-21,23-24,32H,3,6-7,12-13H2,1H3/t14?,16?,18?,19-,20?,21?,23?,24?/m0/s1. The van der Waals surface area contributed by atoms with Gasteiger partial charge in [-0.2, -0.15) is 13.2 Å². The number of fused-ring (bicyclic) bond motifs is 2. The fourth-order valence-electron chi connectivity index (χ4n) is 6.33. The highest BCUT2D eigenvalue weighted by Crippen LogP contribution is 2.51. The highest BCUT2D eigenvalue weighted by atomic mass is 19.4. The molecule has 3 fully saturated rings. The minimum atomic E-state index is -4.27. The Morgan fingerprint density at radius 2 is 2.06 bits per heavy atom. The molecule has 7 unspecified atom stereocenters. The summed E-state index contributed by atoms with van der Waals surface area (Å²) in [5.41, 5.74) is 1.88. The number of nitrogens with zero attached hydrogens (tertiary/aromatic N) is 1. The summed E-state index contributed by atoms with van der Waals surface area (Å²) in [6.45, 7) is 1.88. The lowest BCUT2D eigenvalue weighted by Gasteiger charge is -2.45. The molecule has 4 nitrogen and oxygen atoms in total. The first kappa shape index (κ1) is 23.2. The molecular weight excluding hydrogens is 448 g/mol. The number of cyclic esters (lactones) is 1. The Hall–Kier alpha value is -2.60. The van der Waals surface area contributed by atoms with E-state index in [0.29, 0.717) is 29.8 Å². The molecule has 1 aliphatic heterocycles. The molecule has 5 rings (SSSR count). The molecule has 182 valence electrons. The average Bonchev–Trinajstić information content (AvgIpc) is 3.38. The van der Waals surface area contributed by atoms with E-state index in [1.54, 1.807) is 24.3 Å². The summed E-state index contributed by atoms with van der Waals surface area (Å²) >= 11 is 0. The maximum absolute atomic E-state index is 14.7. The number of hydrogen-bond donors (Lipinski definition) is 1. The van der Waals surface area contributed by atoms with E-state index < -0.39 is 18.3 Å². The number of aromatic amines is 1. The predicted molar refractivity (Wildman–Crippen MR) is 121 cm³/mol. The molecule has 2 saturated carbocycles. The van der Waals surface area contributed by atoms with E-state index in [9.17, 15) is 22.4 Å². The Morgan fingerprint density at radius 3 is 2.85 bits per heavy atom. The molecule has 0 bridgehead atoms. The summed E-state index contributed by atoms with van der Waals surface area (Å²) in [7, 11) is 0. The van der Waals surface area contributed by atoms with Crippen molar-refractivity contribution >= 4 is 23.5 Å². The van der Waals surface area contributed by atoms with Crippen LogP contribution in [0.4, 0.5) is 17.6 Å². The van der Waals surface area contributed by atoms with Crippen molar-refractivity contribution in [1.29, 1.82) is 0 Å². The topological polar surface area (TPSA) is 54.4 Å². The highest BCUT2D eigenvalue weighted by molar-refractivity contribution is 5.79. The lowest BCUT2D eigenvalue weighted by Crippen LogP contribution is -2.49. The molecule has 0 radical (unpaired) electrons. The van der Waals surface area contributed by atoms with Gasteiger partial charge in [0.15, 0.2) is 0 Å². The maximum atomic E-state index is 14.7. The minimum absolute atomic E-state index is 0.0561. The van der Waals surface area contributed by atoms with Crippen LogP contribution in [0.1, 0.15) is 50.4 Å². The summed E-state index contributed by atoms with van der Waals surface area (Å²) in [6.07, 6.45) is 3.13. The van der Waals surface area contributed by atoms with Gasteiger partial charge >= 0.3 is 12.1 Å². The summed E-state index contributed by atoms with van der Waals surface area (Å²) in [5.74, 6) is 0.700. The molecular formula is C26H28F4N2O2. The van der Waals surface area contributed by atoms with Gasteiger partial charge in [0.05, 0.1) is 17.9 Å². The second-order valence-electron chi connectivity index (χ2n) is 9.99. The fourth-order valence-corrected chi connectivity index (χ4v) is 6.33. The number of nitrogens with one attached hydrogen (secondary N) is 1. The summed E-state index contributed by atoms with van der Waals surface area (Å²) in [6, 6.07) is 3.28. The van der Waals surface area contributed by atoms with E-state index in [0.717, 1.165) is 12.8 Å². The molecule has 2 heterocycles. The number of H-pyrrole nitrogens is 1. The molecule has 8 heteroatoms. The smallest absolute Gasteiger partial charge is 0.395 e. The van der Waals surface area contributed by atoms with Crippen molar-refractivity contribution < 1.29 is 27.1 Å². The number of hydrogen-bond acceptors (Lipinski definition) is 3. The lowest BCUT2D eigenvalue weighted by molar-refractivity contribution is -0.159. The average molecular weight is 477 g/mol. The SMILES string of the molecule is CC1OC(=O)C2C[C@@H]3C(F)CCCC3C(N=C=Cc3ccc(C4=CC=CC(C(F)(F)F)C4)[nH]3)C12. The van der Waals surface area contributed by atoms with E-state index in [1.165, 1.54) is 12.2 Å². The Balaban J connectivity index is 1.36. The Morgan fingerprint density at radius 1 is 1.24 bits per heavy atom. The number of aliphatic imine (C=N–C) groups is 1. The van der Waals surface area contributed by atoms with Crippen LogP contribution in [-0.2, 0) is 9.53 Å². The molecule has 34 heavy (non-hydrogen) atoms. The molecule has 1 aromatic rings. The third-order valence-corrected chi connectivity index (χ3v) is 8.00. The third-order valence-electron chi connectivity index (χ3n) is 8.00. The van der Waals surface area contributed by atoms with Gasteiger partial charge in [-0.1, -0.05) is 24.6 Å². The van der Waals surface area contributed by atoms with E-state index in [1.807, 2.05) is 6.92 Å².